The molecule has 0 aliphatic carbocycles. The number of carbonyl (C=O) groups excluding carboxylic acids is 1. The number of anilines is 1. The number of carbonyl (C=O) groups is 1. The Labute approximate surface area is 79.1 Å². The quantitative estimate of drug-likeness (QED) is 0.747. The zero-order valence-corrected chi connectivity index (χ0v) is 8.00. The van der Waals surface area contributed by atoms with Crippen LogP contribution in [0.2, 0.25) is 0 Å². The van der Waals surface area contributed by atoms with E-state index in [1.807, 2.05) is 6.92 Å². The summed E-state index contributed by atoms with van der Waals surface area (Å²) in [7, 11) is 0. The first kappa shape index (κ1) is 9.22. The van der Waals surface area contributed by atoms with E-state index >= 15 is 0 Å². The van der Waals surface area contributed by atoms with E-state index in [1.165, 1.54) is 11.3 Å². The summed E-state index contributed by atoms with van der Waals surface area (Å²) in [4.78, 5) is 15.9. The van der Waals surface area contributed by atoms with Gasteiger partial charge in [-0.1, -0.05) is 18.2 Å². The molecule has 1 rings (SSSR count). The van der Waals surface area contributed by atoms with E-state index in [2.05, 4.69) is 16.9 Å². The Kier molecular flexibility index (Phi) is 2.83. The van der Waals surface area contributed by atoms with Crippen molar-refractivity contribution in [3.05, 3.63) is 22.7 Å². The lowest BCUT2D eigenvalue weighted by atomic mass is 10.6. The van der Waals surface area contributed by atoms with E-state index in [0.29, 0.717) is 5.13 Å². The van der Waals surface area contributed by atoms with Crippen molar-refractivity contribution in [1.29, 1.82) is 0 Å². The number of hydrogen-bond acceptors (Lipinski definition) is 3. The second-order valence-corrected chi connectivity index (χ2v) is 3.83. The highest BCUT2D eigenvalue weighted by Crippen LogP contribution is 2.17. The van der Waals surface area contributed by atoms with Gasteiger partial charge < -0.3 is 0 Å². The molecule has 0 aliphatic rings. The molecule has 5 heteroatoms. The molecule has 0 radical (unpaired) electrons. The molecule has 0 aromatic carbocycles. The van der Waals surface area contributed by atoms with E-state index in [9.17, 15) is 4.79 Å². The van der Waals surface area contributed by atoms with Gasteiger partial charge in [0.1, 0.15) is 0 Å². The van der Waals surface area contributed by atoms with E-state index < -0.39 is 5.91 Å². The maximum Gasteiger partial charge on any atom is 0.268 e. The third kappa shape index (κ3) is 2.32. The predicted molar refractivity (Wildman–Crippen MR) is 50.5 cm³/mol. The molecular weight excluding hydrogens is 196 g/mol. The Morgan fingerprint density at radius 1 is 1.83 bits per heavy atom. The molecule has 12 heavy (non-hydrogen) atoms. The second-order valence-electron chi connectivity index (χ2n) is 2.14. The van der Waals surface area contributed by atoms with Gasteiger partial charge in [-0.3, -0.25) is 10.1 Å². The molecule has 3 nitrogen and oxygen atoms in total. The topological polar surface area (TPSA) is 42.0 Å². The van der Waals surface area contributed by atoms with Crippen molar-refractivity contribution in [2.45, 2.75) is 6.92 Å². The van der Waals surface area contributed by atoms with Gasteiger partial charge in [0.05, 0.1) is 5.03 Å². The van der Waals surface area contributed by atoms with Gasteiger partial charge in [-0.05, 0) is 6.92 Å². The van der Waals surface area contributed by atoms with Crippen LogP contribution in [0.3, 0.4) is 0 Å². The SMILES string of the molecule is C=C(Cl)C(=O)Nc1ncc(C)s1. The number of hydrogen-bond donors (Lipinski definition) is 1. The Bertz CT molecular complexity index is 321. The first-order valence-electron chi connectivity index (χ1n) is 3.18. The lowest BCUT2D eigenvalue weighted by Crippen LogP contribution is -2.10. The van der Waals surface area contributed by atoms with Crippen molar-refractivity contribution < 1.29 is 4.79 Å². The standard InChI is InChI=1S/C7H7ClN2OS/c1-4-3-9-7(12-4)10-6(11)5(2)8/h3H,2H2,1H3,(H,9,10,11). The Balaban J connectivity index is 2.64. The zero-order valence-electron chi connectivity index (χ0n) is 6.43. The van der Waals surface area contributed by atoms with Crippen molar-refractivity contribution >= 4 is 34.0 Å². The lowest BCUT2D eigenvalue weighted by Gasteiger charge is -1.96. The maximum atomic E-state index is 10.9. The summed E-state index contributed by atoms with van der Waals surface area (Å²) in [5.41, 5.74) is 0. The number of nitrogens with zero attached hydrogens (tertiary/aromatic N) is 1. The molecule has 0 saturated heterocycles. The molecule has 1 N–H and O–H groups in total. The molecule has 0 fully saturated rings. The fourth-order valence-electron chi connectivity index (χ4n) is 0.577. The molecule has 0 atom stereocenters. The number of aryl methyl sites for hydroxylation is 1. The number of nitrogens with one attached hydrogen (secondary N) is 1. The minimum Gasteiger partial charge on any atom is -0.297 e. The fraction of sp³-hybridized carbons (Fsp3) is 0.143. The number of rotatable bonds is 2. The highest BCUT2D eigenvalue weighted by molar-refractivity contribution is 7.15. The van der Waals surface area contributed by atoms with Gasteiger partial charge in [0.15, 0.2) is 5.13 Å². The summed E-state index contributed by atoms with van der Waals surface area (Å²) in [5.74, 6) is -0.411. The number of thiazole rings is 1. The summed E-state index contributed by atoms with van der Waals surface area (Å²) >= 11 is 6.75. The molecule has 0 spiro atoms. The molecule has 1 amide bonds. The number of aromatic nitrogens is 1. The van der Waals surface area contributed by atoms with Gasteiger partial charge in [-0.25, -0.2) is 4.98 Å². The average molecular weight is 203 g/mol. The van der Waals surface area contributed by atoms with Crippen molar-refractivity contribution in [3.8, 4) is 0 Å². The maximum absolute atomic E-state index is 10.9. The van der Waals surface area contributed by atoms with Crippen LogP contribution in [0.5, 0.6) is 0 Å². The van der Waals surface area contributed by atoms with E-state index in [1.54, 1.807) is 6.20 Å². The third-order valence-electron chi connectivity index (χ3n) is 1.09. The van der Waals surface area contributed by atoms with Crippen LogP contribution in [0.4, 0.5) is 5.13 Å². The van der Waals surface area contributed by atoms with Crippen LogP contribution in [0.1, 0.15) is 4.88 Å². The van der Waals surface area contributed by atoms with Crippen LogP contribution in [0.25, 0.3) is 0 Å². The van der Waals surface area contributed by atoms with E-state index in [4.69, 9.17) is 11.6 Å². The number of halogens is 1. The molecule has 64 valence electrons. The van der Waals surface area contributed by atoms with Crippen molar-refractivity contribution in [1.82, 2.24) is 4.98 Å². The van der Waals surface area contributed by atoms with Crippen LogP contribution < -0.4 is 5.32 Å². The highest BCUT2D eigenvalue weighted by Gasteiger charge is 2.06. The summed E-state index contributed by atoms with van der Waals surface area (Å²) in [5, 5.41) is 3.00. The van der Waals surface area contributed by atoms with Gasteiger partial charge >= 0.3 is 0 Å². The van der Waals surface area contributed by atoms with Gasteiger partial charge in [0.2, 0.25) is 0 Å². The van der Waals surface area contributed by atoms with Crippen LogP contribution >= 0.6 is 22.9 Å². The monoisotopic (exact) mass is 202 g/mol. The fourth-order valence-corrected chi connectivity index (χ4v) is 1.28. The van der Waals surface area contributed by atoms with Crippen molar-refractivity contribution in [2.75, 3.05) is 5.32 Å². The average Bonchev–Trinajstić information content (AvgIpc) is 2.35. The van der Waals surface area contributed by atoms with Crippen LogP contribution in [-0.2, 0) is 4.79 Å². The number of amides is 1. The van der Waals surface area contributed by atoms with Gasteiger partial charge in [0, 0.05) is 11.1 Å². The van der Waals surface area contributed by atoms with Crippen molar-refractivity contribution in [2.24, 2.45) is 0 Å². The first-order valence-corrected chi connectivity index (χ1v) is 4.37. The summed E-state index contributed by atoms with van der Waals surface area (Å²) in [6, 6.07) is 0. The Morgan fingerprint density at radius 2 is 2.50 bits per heavy atom. The molecule has 1 aromatic rings. The minimum absolute atomic E-state index is 0.0390. The second kappa shape index (κ2) is 3.69. The molecule has 0 saturated carbocycles. The molecule has 0 unspecified atom stereocenters. The molecule has 0 bridgehead atoms. The molecular formula is C7H7ClN2OS. The minimum atomic E-state index is -0.411. The lowest BCUT2D eigenvalue weighted by molar-refractivity contribution is -0.112. The molecule has 1 heterocycles. The highest BCUT2D eigenvalue weighted by atomic mass is 35.5. The summed E-state index contributed by atoms with van der Waals surface area (Å²) in [6.45, 7) is 5.19. The largest absolute Gasteiger partial charge is 0.297 e. The van der Waals surface area contributed by atoms with Crippen LogP contribution in [-0.4, -0.2) is 10.9 Å². The van der Waals surface area contributed by atoms with Gasteiger partial charge in [0.25, 0.3) is 5.91 Å². The summed E-state index contributed by atoms with van der Waals surface area (Å²) < 4.78 is 0. The molecule has 0 aliphatic heterocycles. The molecule has 1 aromatic heterocycles. The van der Waals surface area contributed by atoms with Gasteiger partial charge in [-0.15, -0.1) is 11.3 Å². The van der Waals surface area contributed by atoms with Crippen LogP contribution in [0, 0.1) is 6.92 Å². The Hall–Kier alpha value is -0.870. The third-order valence-corrected chi connectivity index (χ3v) is 2.09. The van der Waals surface area contributed by atoms with E-state index in [0.717, 1.165) is 4.88 Å². The predicted octanol–water partition coefficient (Wildman–Crippen LogP) is 2.14. The Morgan fingerprint density at radius 3 is 2.92 bits per heavy atom. The first-order chi connectivity index (χ1) is 5.59. The summed E-state index contributed by atoms with van der Waals surface area (Å²) in [6.07, 6.45) is 1.68. The van der Waals surface area contributed by atoms with Crippen LogP contribution in [0.15, 0.2) is 17.8 Å². The normalized spacial score (nSPS) is 9.50. The van der Waals surface area contributed by atoms with Gasteiger partial charge in [-0.2, -0.15) is 0 Å². The van der Waals surface area contributed by atoms with Crippen molar-refractivity contribution in [3.63, 3.8) is 0 Å². The smallest absolute Gasteiger partial charge is 0.268 e. The van der Waals surface area contributed by atoms with E-state index in [-0.39, 0.29) is 5.03 Å². The zero-order chi connectivity index (χ0) is 9.14.